The summed E-state index contributed by atoms with van der Waals surface area (Å²) in [5.41, 5.74) is 9.33. The van der Waals surface area contributed by atoms with Crippen molar-refractivity contribution in [2.24, 2.45) is 11.7 Å². The highest BCUT2D eigenvalue weighted by Gasteiger charge is 2.38. The Balaban J connectivity index is 1.43. The van der Waals surface area contributed by atoms with Crippen LogP contribution < -0.4 is 10.6 Å². The third-order valence-electron chi connectivity index (χ3n) is 7.65. The van der Waals surface area contributed by atoms with Gasteiger partial charge in [-0.05, 0) is 48.2 Å². The number of carbonyl (C=O) groups is 1. The Labute approximate surface area is 236 Å². The third-order valence-corrected chi connectivity index (χ3v) is 7.65. The number of piperidine rings is 1. The quantitative estimate of drug-likeness (QED) is 0.351. The molecule has 0 bridgehead atoms. The number of hydrogen-bond acceptors (Lipinski definition) is 8. The number of anilines is 1. The molecule has 1 fully saturated rings. The molecular weight excluding hydrogens is 532 g/mol. The van der Waals surface area contributed by atoms with Crippen LogP contribution in [0.4, 0.5) is 19.3 Å². The maximum atomic E-state index is 14.9. The summed E-state index contributed by atoms with van der Waals surface area (Å²) in [6, 6.07) is 7.14. The number of likely N-dealkylation sites (N-methyl/N-ethyl adjacent to an activating group) is 1. The number of nitrogens with zero attached hydrogens (tertiary/aromatic N) is 6. The normalized spacial score (nSPS) is 19.0. The van der Waals surface area contributed by atoms with E-state index in [1.54, 1.807) is 47.2 Å². The number of halogens is 2. The third kappa shape index (κ3) is 5.57. The second kappa shape index (κ2) is 11.8. The molecule has 4 heterocycles. The number of methoxy groups -OCH3 is 1. The van der Waals surface area contributed by atoms with Gasteiger partial charge in [-0.15, -0.1) is 0 Å². The van der Waals surface area contributed by atoms with E-state index < -0.39 is 17.7 Å². The van der Waals surface area contributed by atoms with Gasteiger partial charge >= 0.3 is 6.09 Å². The number of carbonyl (C=O) groups excluding carboxylic acids is 1. The SMILES string of the molecule is COC(=O)N(C)[C@@H]1[C@H](N)CN(c2ccncc2Cc2ncc3ccc(-c4c(F)cc(CCO)cc4F)nn23)C[C@@H]1C. The fourth-order valence-corrected chi connectivity index (χ4v) is 5.81. The molecule has 3 aromatic heterocycles. The van der Waals surface area contributed by atoms with Crippen LogP contribution in [-0.4, -0.2) is 81.6 Å². The number of rotatable bonds is 7. The van der Waals surface area contributed by atoms with E-state index in [0.29, 0.717) is 36.4 Å². The van der Waals surface area contributed by atoms with E-state index in [1.807, 2.05) is 6.07 Å². The van der Waals surface area contributed by atoms with E-state index in [0.717, 1.165) is 11.3 Å². The summed E-state index contributed by atoms with van der Waals surface area (Å²) in [4.78, 5) is 24.8. The molecule has 41 heavy (non-hydrogen) atoms. The highest BCUT2D eigenvalue weighted by molar-refractivity contribution is 5.68. The van der Waals surface area contributed by atoms with Crippen molar-refractivity contribution >= 4 is 17.3 Å². The Hall–Kier alpha value is -4.16. The molecule has 1 amide bonds. The van der Waals surface area contributed by atoms with Gasteiger partial charge in [0.05, 0.1) is 36.1 Å². The first-order valence-electron chi connectivity index (χ1n) is 13.4. The zero-order valence-corrected chi connectivity index (χ0v) is 23.2. The van der Waals surface area contributed by atoms with Crippen LogP contribution in [-0.2, 0) is 17.6 Å². The molecule has 216 valence electrons. The fraction of sp³-hybridized carbons (Fsp3) is 0.379. The summed E-state index contributed by atoms with van der Waals surface area (Å²) in [5.74, 6) is -0.855. The minimum absolute atomic E-state index is 0.0638. The zero-order chi connectivity index (χ0) is 29.3. The molecule has 3 atom stereocenters. The van der Waals surface area contributed by atoms with Crippen LogP contribution in [0.1, 0.15) is 23.9 Å². The van der Waals surface area contributed by atoms with Crippen LogP contribution >= 0.6 is 0 Å². The number of pyridine rings is 1. The number of aromatic nitrogens is 4. The molecule has 10 nitrogen and oxygen atoms in total. The van der Waals surface area contributed by atoms with Gasteiger partial charge in [0, 0.05) is 62.9 Å². The molecule has 1 aromatic carbocycles. The van der Waals surface area contributed by atoms with E-state index in [2.05, 4.69) is 26.9 Å². The van der Waals surface area contributed by atoms with Crippen molar-refractivity contribution in [3.63, 3.8) is 0 Å². The van der Waals surface area contributed by atoms with Crippen LogP contribution in [0.5, 0.6) is 0 Å². The molecule has 0 saturated carbocycles. The predicted octanol–water partition coefficient (Wildman–Crippen LogP) is 3.05. The van der Waals surface area contributed by atoms with Crippen LogP contribution in [0.2, 0.25) is 0 Å². The summed E-state index contributed by atoms with van der Waals surface area (Å²) in [6.45, 7) is 3.03. The topological polar surface area (TPSA) is 122 Å². The number of amides is 1. The van der Waals surface area contributed by atoms with Crippen LogP contribution in [0.3, 0.4) is 0 Å². The Morgan fingerprint density at radius 3 is 2.63 bits per heavy atom. The Bertz CT molecular complexity index is 1530. The van der Waals surface area contributed by atoms with Crippen molar-refractivity contribution in [3.05, 3.63) is 77.5 Å². The monoisotopic (exact) mass is 565 g/mol. The summed E-state index contributed by atoms with van der Waals surface area (Å²) in [7, 11) is 3.05. The smallest absolute Gasteiger partial charge is 0.409 e. The Morgan fingerprint density at radius 1 is 1.20 bits per heavy atom. The standard InChI is InChI=1S/C29H33F2N7O3/c1-17-15-37(16-23(32)28(17)36(2)29(40)41-3)25-6-8-33-13-19(25)12-26-34-14-20-4-5-24(35-38(20)26)27-21(30)10-18(7-9-39)11-22(27)31/h4-6,8,10-11,13-14,17,23,28,39H,7,9,12,15-16,32H2,1-3H3/t17-,23+,28-/m0/s1. The average Bonchev–Trinajstić information content (AvgIpc) is 3.34. The molecule has 0 aliphatic carbocycles. The fourth-order valence-electron chi connectivity index (χ4n) is 5.81. The number of nitrogens with two attached hydrogens (primary N) is 1. The van der Waals surface area contributed by atoms with Gasteiger partial charge in [-0.1, -0.05) is 6.92 Å². The zero-order valence-electron chi connectivity index (χ0n) is 23.2. The molecule has 4 aromatic rings. The van der Waals surface area contributed by atoms with Gasteiger partial charge in [0.1, 0.15) is 17.5 Å². The van der Waals surface area contributed by atoms with Gasteiger partial charge in [0.25, 0.3) is 0 Å². The molecule has 1 aliphatic rings. The lowest BCUT2D eigenvalue weighted by Gasteiger charge is -2.45. The van der Waals surface area contributed by atoms with Crippen molar-refractivity contribution in [3.8, 4) is 11.3 Å². The van der Waals surface area contributed by atoms with E-state index in [9.17, 15) is 13.6 Å². The maximum absolute atomic E-state index is 14.9. The van der Waals surface area contributed by atoms with Gasteiger partial charge in [0.2, 0.25) is 0 Å². The number of hydrogen-bond donors (Lipinski definition) is 2. The second-order valence-electron chi connectivity index (χ2n) is 10.4. The molecule has 1 saturated heterocycles. The number of ether oxygens (including phenoxy) is 1. The summed E-state index contributed by atoms with van der Waals surface area (Å²) in [6.07, 6.45) is 5.24. The molecule has 0 radical (unpaired) electrons. The van der Waals surface area contributed by atoms with Gasteiger partial charge in [-0.25, -0.2) is 23.1 Å². The lowest BCUT2D eigenvalue weighted by atomic mass is 9.88. The molecule has 0 unspecified atom stereocenters. The van der Waals surface area contributed by atoms with Gasteiger partial charge in [0.15, 0.2) is 0 Å². The van der Waals surface area contributed by atoms with Crippen molar-refractivity contribution < 1.29 is 23.4 Å². The molecule has 12 heteroatoms. The summed E-state index contributed by atoms with van der Waals surface area (Å²) in [5, 5.41) is 13.7. The maximum Gasteiger partial charge on any atom is 0.409 e. The van der Waals surface area contributed by atoms with E-state index in [-0.39, 0.29) is 42.3 Å². The van der Waals surface area contributed by atoms with Crippen molar-refractivity contribution in [2.45, 2.75) is 31.8 Å². The van der Waals surface area contributed by atoms with E-state index in [4.69, 9.17) is 15.6 Å². The molecule has 1 aliphatic heterocycles. The minimum Gasteiger partial charge on any atom is -0.453 e. The molecule has 5 rings (SSSR count). The molecule has 3 N–H and O–H groups in total. The Morgan fingerprint density at radius 2 is 1.95 bits per heavy atom. The van der Waals surface area contributed by atoms with Crippen LogP contribution in [0.25, 0.3) is 16.8 Å². The predicted molar refractivity (Wildman–Crippen MR) is 149 cm³/mol. The number of aliphatic hydroxyl groups is 1. The van der Waals surface area contributed by atoms with Crippen molar-refractivity contribution in [1.82, 2.24) is 24.5 Å². The minimum atomic E-state index is -0.747. The Kier molecular flexibility index (Phi) is 8.13. The first-order chi connectivity index (χ1) is 19.7. The van der Waals surface area contributed by atoms with Crippen molar-refractivity contribution in [1.29, 1.82) is 0 Å². The number of aliphatic hydroxyl groups excluding tert-OH is 1. The highest BCUT2D eigenvalue weighted by atomic mass is 19.1. The van der Waals surface area contributed by atoms with E-state index in [1.165, 1.54) is 19.2 Å². The van der Waals surface area contributed by atoms with Gasteiger partial charge < -0.3 is 25.4 Å². The summed E-state index contributed by atoms with van der Waals surface area (Å²) >= 11 is 0. The summed E-state index contributed by atoms with van der Waals surface area (Å²) < 4.78 is 36.3. The lowest BCUT2D eigenvalue weighted by Crippen LogP contribution is -2.62. The van der Waals surface area contributed by atoms with Crippen LogP contribution in [0, 0.1) is 17.6 Å². The first kappa shape index (κ1) is 28.4. The highest BCUT2D eigenvalue weighted by Crippen LogP contribution is 2.30. The van der Waals surface area contributed by atoms with E-state index >= 15 is 0 Å². The number of benzene rings is 1. The first-order valence-corrected chi connectivity index (χ1v) is 13.4. The van der Waals surface area contributed by atoms with Gasteiger partial charge in [-0.3, -0.25) is 4.98 Å². The number of fused-ring (bicyclic) bond motifs is 1. The largest absolute Gasteiger partial charge is 0.453 e. The second-order valence-corrected chi connectivity index (χ2v) is 10.4. The molecular formula is C29H33F2N7O3. The lowest BCUT2D eigenvalue weighted by molar-refractivity contribution is 0.0905. The average molecular weight is 566 g/mol. The van der Waals surface area contributed by atoms with Gasteiger partial charge in [-0.2, -0.15) is 5.10 Å². The molecule has 0 spiro atoms. The van der Waals surface area contributed by atoms with Crippen molar-refractivity contribution in [2.75, 3.05) is 38.8 Å². The van der Waals surface area contributed by atoms with Crippen LogP contribution in [0.15, 0.2) is 48.9 Å². The number of imidazole rings is 1.